The lowest BCUT2D eigenvalue weighted by molar-refractivity contribution is -0.137. The third-order valence-electron chi connectivity index (χ3n) is 8.26. The molecule has 0 aromatic carbocycles. The Labute approximate surface area is 123 Å². The van der Waals surface area contributed by atoms with Gasteiger partial charge in [0.2, 0.25) is 0 Å². The maximum absolute atomic E-state index is 11.9. The molecule has 4 saturated carbocycles. The highest BCUT2D eigenvalue weighted by molar-refractivity contribution is 5.79. The summed E-state index contributed by atoms with van der Waals surface area (Å²) in [5, 5.41) is 0. The van der Waals surface area contributed by atoms with Crippen LogP contribution in [0.25, 0.3) is 0 Å². The number of rotatable bonds is 0. The molecule has 1 nitrogen and oxygen atoms in total. The molecule has 0 N–H and O–H groups in total. The minimum Gasteiger partial charge on any atom is -0.300 e. The lowest BCUT2D eigenvalue weighted by Crippen LogP contribution is -2.52. The van der Waals surface area contributed by atoms with Crippen molar-refractivity contribution in [3.8, 4) is 0 Å². The summed E-state index contributed by atoms with van der Waals surface area (Å²) in [5.74, 6) is 4.20. The standard InChI is InChI=1S/C19H30O/c1-18-9-3-4-16(18)15-6-5-13-12-14(20)7-11-19(13,2)17(15)8-10-18/h13,15-17H,3-12H2,1-2H3/t13-,15+,16+,17+,18+,19-/m0/s1. The Morgan fingerprint density at radius 1 is 0.950 bits per heavy atom. The summed E-state index contributed by atoms with van der Waals surface area (Å²) in [6.07, 6.45) is 13.1. The summed E-state index contributed by atoms with van der Waals surface area (Å²) >= 11 is 0. The van der Waals surface area contributed by atoms with E-state index in [2.05, 4.69) is 13.8 Å². The van der Waals surface area contributed by atoms with E-state index in [9.17, 15) is 4.79 Å². The first kappa shape index (κ1) is 13.3. The number of ketones is 1. The van der Waals surface area contributed by atoms with Crippen LogP contribution in [0.15, 0.2) is 0 Å². The molecule has 6 atom stereocenters. The molecule has 0 heterocycles. The number of hydrogen-bond acceptors (Lipinski definition) is 1. The summed E-state index contributed by atoms with van der Waals surface area (Å²) < 4.78 is 0. The third-order valence-corrected chi connectivity index (χ3v) is 8.26. The van der Waals surface area contributed by atoms with E-state index in [1.807, 2.05) is 0 Å². The Morgan fingerprint density at radius 3 is 2.65 bits per heavy atom. The van der Waals surface area contributed by atoms with E-state index in [1.54, 1.807) is 0 Å². The maximum Gasteiger partial charge on any atom is 0.133 e. The molecule has 0 amide bonds. The van der Waals surface area contributed by atoms with Crippen LogP contribution >= 0.6 is 0 Å². The Bertz CT molecular complexity index is 427. The molecule has 4 rings (SSSR count). The van der Waals surface area contributed by atoms with Gasteiger partial charge in [0.1, 0.15) is 5.78 Å². The van der Waals surface area contributed by atoms with Gasteiger partial charge in [-0.25, -0.2) is 0 Å². The van der Waals surface area contributed by atoms with E-state index in [4.69, 9.17) is 0 Å². The van der Waals surface area contributed by atoms with E-state index in [1.165, 1.54) is 51.4 Å². The van der Waals surface area contributed by atoms with Crippen molar-refractivity contribution in [2.75, 3.05) is 0 Å². The predicted octanol–water partition coefficient (Wildman–Crippen LogP) is 4.99. The van der Waals surface area contributed by atoms with Crippen molar-refractivity contribution in [1.82, 2.24) is 0 Å². The SMILES string of the molecule is C[C@]12CCC[C@@H]1[C@H]1CC[C@H]3CC(=O)CC[C@]3(C)[C@@H]1CC2. The van der Waals surface area contributed by atoms with Crippen molar-refractivity contribution in [3.63, 3.8) is 0 Å². The van der Waals surface area contributed by atoms with Gasteiger partial charge in [0.15, 0.2) is 0 Å². The molecule has 20 heavy (non-hydrogen) atoms. The van der Waals surface area contributed by atoms with Crippen molar-refractivity contribution in [3.05, 3.63) is 0 Å². The molecule has 0 saturated heterocycles. The fourth-order valence-corrected chi connectivity index (χ4v) is 7.04. The molecular weight excluding hydrogens is 244 g/mol. The van der Waals surface area contributed by atoms with Crippen LogP contribution in [0, 0.1) is 34.5 Å². The van der Waals surface area contributed by atoms with Gasteiger partial charge in [-0.15, -0.1) is 0 Å². The van der Waals surface area contributed by atoms with Crippen molar-refractivity contribution >= 4 is 5.78 Å². The minimum atomic E-state index is 0.501. The van der Waals surface area contributed by atoms with Gasteiger partial charge in [-0.3, -0.25) is 4.79 Å². The quantitative estimate of drug-likeness (QED) is 0.608. The molecule has 1 heteroatoms. The van der Waals surface area contributed by atoms with Crippen LogP contribution in [0.3, 0.4) is 0 Å². The summed E-state index contributed by atoms with van der Waals surface area (Å²) in [5.41, 5.74) is 1.18. The molecule has 4 fully saturated rings. The minimum absolute atomic E-state index is 0.501. The van der Waals surface area contributed by atoms with Crippen LogP contribution in [0.1, 0.15) is 78.1 Å². The van der Waals surface area contributed by atoms with Gasteiger partial charge in [-0.05, 0) is 79.4 Å². The molecule has 0 spiro atoms. The Morgan fingerprint density at radius 2 is 1.80 bits per heavy atom. The molecule has 0 aromatic rings. The summed E-state index contributed by atoms with van der Waals surface area (Å²) in [4.78, 5) is 11.9. The molecular formula is C19H30O. The zero-order chi connectivity index (χ0) is 14.0. The second-order valence-corrected chi connectivity index (χ2v) is 8.98. The molecule has 0 aromatic heterocycles. The number of hydrogen-bond donors (Lipinski definition) is 0. The smallest absolute Gasteiger partial charge is 0.133 e. The molecule has 0 aliphatic heterocycles. The van der Waals surface area contributed by atoms with E-state index in [0.29, 0.717) is 16.6 Å². The lowest BCUT2D eigenvalue weighted by atomic mass is 9.45. The summed E-state index contributed by atoms with van der Waals surface area (Å²) in [6, 6.07) is 0. The normalized spacial score (nSPS) is 55.0. The Balaban J connectivity index is 1.64. The number of carbonyl (C=O) groups is 1. The van der Waals surface area contributed by atoms with Crippen molar-refractivity contribution in [2.24, 2.45) is 34.5 Å². The molecule has 0 unspecified atom stereocenters. The first-order chi connectivity index (χ1) is 9.53. The fraction of sp³-hybridized carbons (Fsp3) is 0.947. The molecule has 0 radical (unpaired) electrons. The second kappa shape index (κ2) is 4.34. The molecule has 4 aliphatic carbocycles. The molecule has 112 valence electrons. The second-order valence-electron chi connectivity index (χ2n) is 8.98. The van der Waals surface area contributed by atoms with Gasteiger partial charge in [-0.2, -0.15) is 0 Å². The van der Waals surface area contributed by atoms with E-state index < -0.39 is 0 Å². The highest BCUT2D eigenvalue weighted by Gasteiger charge is 2.57. The average molecular weight is 274 g/mol. The predicted molar refractivity (Wildman–Crippen MR) is 81.4 cm³/mol. The van der Waals surface area contributed by atoms with Crippen LogP contribution in [-0.2, 0) is 4.79 Å². The van der Waals surface area contributed by atoms with Crippen LogP contribution in [0.5, 0.6) is 0 Å². The molecule has 0 bridgehead atoms. The monoisotopic (exact) mass is 274 g/mol. The van der Waals surface area contributed by atoms with Crippen LogP contribution < -0.4 is 0 Å². The summed E-state index contributed by atoms with van der Waals surface area (Å²) in [7, 11) is 0. The summed E-state index contributed by atoms with van der Waals surface area (Å²) in [6.45, 7) is 5.14. The van der Waals surface area contributed by atoms with Crippen LogP contribution in [0.2, 0.25) is 0 Å². The maximum atomic E-state index is 11.9. The van der Waals surface area contributed by atoms with Gasteiger partial charge in [-0.1, -0.05) is 20.3 Å². The Hall–Kier alpha value is -0.330. The van der Waals surface area contributed by atoms with Crippen molar-refractivity contribution in [2.45, 2.75) is 78.1 Å². The Kier molecular flexibility index (Phi) is 2.89. The largest absolute Gasteiger partial charge is 0.300 e. The van der Waals surface area contributed by atoms with E-state index in [0.717, 1.165) is 36.5 Å². The van der Waals surface area contributed by atoms with E-state index in [-0.39, 0.29) is 0 Å². The first-order valence-electron chi connectivity index (χ1n) is 9.05. The van der Waals surface area contributed by atoms with Gasteiger partial charge in [0.25, 0.3) is 0 Å². The third kappa shape index (κ3) is 1.70. The van der Waals surface area contributed by atoms with Crippen LogP contribution in [0.4, 0.5) is 0 Å². The number of carbonyl (C=O) groups excluding carboxylic acids is 1. The first-order valence-corrected chi connectivity index (χ1v) is 9.05. The number of fused-ring (bicyclic) bond motifs is 5. The van der Waals surface area contributed by atoms with Crippen LogP contribution in [-0.4, -0.2) is 5.78 Å². The van der Waals surface area contributed by atoms with Gasteiger partial charge >= 0.3 is 0 Å². The highest BCUT2D eigenvalue weighted by Crippen LogP contribution is 2.65. The van der Waals surface area contributed by atoms with Gasteiger partial charge in [0.05, 0.1) is 0 Å². The van der Waals surface area contributed by atoms with Gasteiger partial charge in [0, 0.05) is 12.8 Å². The van der Waals surface area contributed by atoms with Gasteiger partial charge < -0.3 is 0 Å². The van der Waals surface area contributed by atoms with E-state index >= 15 is 0 Å². The zero-order valence-electron chi connectivity index (χ0n) is 13.3. The topological polar surface area (TPSA) is 17.1 Å². The molecule has 4 aliphatic rings. The average Bonchev–Trinajstić information content (AvgIpc) is 2.81. The van der Waals surface area contributed by atoms with Crippen molar-refractivity contribution < 1.29 is 4.79 Å². The zero-order valence-corrected chi connectivity index (χ0v) is 13.3. The highest BCUT2D eigenvalue weighted by atomic mass is 16.1. The fourth-order valence-electron chi connectivity index (χ4n) is 7.04. The number of Topliss-reactive ketones (excluding diaryl/α,β-unsaturated/α-hetero) is 1. The lowest BCUT2D eigenvalue weighted by Gasteiger charge is -2.59. The van der Waals surface area contributed by atoms with Crippen molar-refractivity contribution in [1.29, 1.82) is 0 Å².